The zero-order chi connectivity index (χ0) is 8.55. The number of H-pyrrole nitrogens is 1. The van der Waals surface area contributed by atoms with Crippen LogP contribution in [-0.4, -0.2) is 20.2 Å². The fraction of sp³-hybridized carbons (Fsp3) is 0. The first kappa shape index (κ1) is 6.54. The molecule has 0 radical (unpaired) electrons. The third-order valence-corrected chi connectivity index (χ3v) is 1.49. The van der Waals surface area contributed by atoms with Crippen LogP contribution in [-0.2, 0) is 0 Å². The van der Waals surface area contributed by atoms with Gasteiger partial charge in [-0.1, -0.05) is 0 Å². The molecule has 0 atom stereocenters. The maximum atomic E-state index is 8.61. The fourth-order valence-corrected chi connectivity index (χ4v) is 0.963. The van der Waals surface area contributed by atoms with Gasteiger partial charge in [0.25, 0.3) is 0 Å². The zero-order valence-corrected chi connectivity index (χ0v) is 5.94. The third-order valence-electron chi connectivity index (χ3n) is 1.49. The van der Waals surface area contributed by atoms with Crippen LogP contribution in [0.3, 0.4) is 0 Å². The number of nitrogens with one attached hydrogen (secondary N) is 1. The maximum absolute atomic E-state index is 8.61. The number of nitrogens with two attached hydrogens (primary N) is 1. The smallest absolute Gasteiger partial charge is 0.175 e. The van der Waals surface area contributed by atoms with Crippen LogP contribution >= 0.6 is 0 Å². The van der Waals surface area contributed by atoms with Gasteiger partial charge in [0.15, 0.2) is 11.3 Å². The number of hydrogen-bond acceptors (Lipinski definition) is 5. The van der Waals surface area contributed by atoms with Gasteiger partial charge in [-0.25, -0.2) is 9.97 Å². The van der Waals surface area contributed by atoms with Crippen LogP contribution in [0.2, 0.25) is 0 Å². The van der Waals surface area contributed by atoms with Crippen molar-refractivity contribution >= 4 is 16.9 Å². The van der Waals surface area contributed by atoms with Crippen LogP contribution in [0.5, 0.6) is 0 Å². The monoisotopic (exact) mass is 160 g/mol. The molecule has 2 aromatic heterocycles. The first-order valence-electron chi connectivity index (χ1n) is 3.17. The molecule has 0 fully saturated rings. The summed E-state index contributed by atoms with van der Waals surface area (Å²) in [5.74, 6) is 0.269. The summed E-state index contributed by atoms with van der Waals surface area (Å²) in [5, 5.41) is 15.4. The molecule has 0 unspecified atom stereocenters. The molecular weight excluding hydrogens is 156 g/mol. The minimum Gasteiger partial charge on any atom is -0.383 e. The van der Waals surface area contributed by atoms with Crippen molar-refractivity contribution in [3.63, 3.8) is 0 Å². The normalized spacial score (nSPS) is 9.92. The molecule has 0 bridgehead atoms. The molecule has 0 saturated carbocycles. The second-order valence-electron chi connectivity index (χ2n) is 2.17. The van der Waals surface area contributed by atoms with Crippen LogP contribution in [0.15, 0.2) is 6.33 Å². The Hall–Kier alpha value is -2.16. The van der Waals surface area contributed by atoms with Gasteiger partial charge < -0.3 is 5.73 Å². The molecule has 0 aromatic carbocycles. The van der Waals surface area contributed by atoms with Gasteiger partial charge in [-0.3, -0.25) is 5.10 Å². The highest BCUT2D eigenvalue weighted by Crippen LogP contribution is 2.16. The van der Waals surface area contributed by atoms with Gasteiger partial charge in [0.2, 0.25) is 0 Å². The Morgan fingerprint density at radius 3 is 3.08 bits per heavy atom. The Balaban J connectivity index is 2.95. The van der Waals surface area contributed by atoms with E-state index < -0.39 is 0 Å². The molecule has 0 saturated heterocycles. The molecule has 0 aliphatic carbocycles. The van der Waals surface area contributed by atoms with Crippen molar-refractivity contribution in [3.8, 4) is 6.07 Å². The van der Waals surface area contributed by atoms with Crippen molar-refractivity contribution in [1.29, 1.82) is 5.26 Å². The van der Waals surface area contributed by atoms with Gasteiger partial charge in [0, 0.05) is 0 Å². The predicted octanol–water partition coefficient (Wildman–Crippen LogP) is -0.193. The molecular formula is C6H4N6. The number of nitrogens with zero attached hydrogens (tertiary/aromatic N) is 4. The van der Waals surface area contributed by atoms with E-state index in [0.717, 1.165) is 0 Å². The lowest BCUT2D eigenvalue weighted by molar-refractivity contribution is 1.07. The van der Waals surface area contributed by atoms with Crippen molar-refractivity contribution in [3.05, 3.63) is 12.0 Å². The molecule has 0 spiro atoms. The lowest BCUT2D eigenvalue weighted by Gasteiger charge is -1.90. The molecule has 0 amide bonds. The molecule has 2 rings (SSSR count). The van der Waals surface area contributed by atoms with Crippen LogP contribution in [0, 0.1) is 11.3 Å². The predicted molar refractivity (Wildman–Crippen MR) is 40.8 cm³/mol. The lowest BCUT2D eigenvalue weighted by atomic mass is 10.3. The Labute approximate surface area is 67.0 Å². The summed E-state index contributed by atoms with van der Waals surface area (Å²) in [7, 11) is 0. The number of fused-ring (bicyclic) bond motifs is 1. The van der Waals surface area contributed by atoms with Gasteiger partial charge in [-0.15, -0.1) is 0 Å². The fourth-order valence-electron chi connectivity index (χ4n) is 0.963. The van der Waals surface area contributed by atoms with Gasteiger partial charge >= 0.3 is 0 Å². The number of aromatic amines is 1. The maximum Gasteiger partial charge on any atom is 0.175 e. The minimum absolute atomic E-state index is 0.225. The van der Waals surface area contributed by atoms with E-state index in [9.17, 15) is 0 Å². The summed E-state index contributed by atoms with van der Waals surface area (Å²) < 4.78 is 0. The SMILES string of the molecule is N#Cc1n[nH]c2ncnc(N)c12. The highest BCUT2D eigenvalue weighted by atomic mass is 15.2. The van der Waals surface area contributed by atoms with Crippen LogP contribution in [0.1, 0.15) is 5.69 Å². The first-order chi connectivity index (χ1) is 5.83. The summed E-state index contributed by atoms with van der Waals surface area (Å²) >= 11 is 0. The number of rotatable bonds is 0. The molecule has 0 aliphatic heterocycles. The Morgan fingerprint density at radius 2 is 2.33 bits per heavy atom. The Morgan fingerprint density at radius 1 is 1.50 bits per heavy atom. The van der Waals surface area contributed by atoms with Crippen molar-refractivity contribution < 1.29 is 0 Å². The first-order valence-corrected chi connectivity index (χ1v) is 3.17. The van der Waals surface area contributed by atoms with Crippen molar-refractivity contribution in [2.75, 3.05) is 5.73 Å². The van der Waals surface area contributed by atoms with Crippen molar-refractivity contribution in [2.24, 2.45) is 0 Å². The summed E-state index contributed by atoms with van der Waals surface area (Å²) in [5.41, 5.74) is 6.23. The van der Waals surface area contributed by atoms with E-state index in [4.69, 9.17) is 11.0 Å². The van der Waals surface area contributed by atoms with Gasteiger partial charge in [0.1, 0.15) is 18.2 Å². The van der Waals surface area contributed by atoms with E-state index in [0.29, 0.717) is 11.0 Å². The summed E-state index contributed by atoms with van der Waals surface area (Å²) in [6.07, 6.45) is 1.32. The molecule has 12 heavy (non-hydrogen) atoms. The average Bonchev–Trinajstić information content (AvgIpc) is 2.49. The van der Waals surface area contributed by atoms with E-state index in [1.165, 1.54) is 6.33 Å². The van der Waals surface area contributed by atoms with E-state index in [1.807, 2.05) is 6.07 Å². The highest BCUT2D eigenvalue weighted by molar-refractivity contribution is 5.89. The van der Waals surface area contributed by atoms with Crippen LogP contribution in [0.4, 0.5) is 5.82 Å². The second kappa shape index (κ2) is 2.17. The molecule has 6 nitrogen and oxygen atoms in total. The summed E-state index contributed by atoms with van der Waals surface area (Å²) in [4.78, 5) is 7.59. The molecule has 2 heterocycles. The average molecular weight is 160 g/mol. The molecule has 58 valence electrons. The van der Waals surface area contributed by atoms with E-state index in [1.54, 1.807) is 0 Å². The molecule has 3 N–H and O–H groups in total. The third kappa shape index (κ3) is 0.703. The topological polar surface area (TPSA) is 104 Å². The van der Waals surface area contributed by atoms with E-state index in [-0.39, 0.29) is 11.5 Å². The van der Waals surface area contributed by atoms with Crippen LogP contribution in [0.25, 0.3) is 11.0 Å². The van der Waals surface area contributed by atoms with Gasteiger partial charge in [0.05, 0.1) is 5.39 Å². The van der Waals surface area contributed by atoms with E-state index >= 15 is 0 Å². The number of hydrogen-bond donors (Lipinski definition) is 2. The second-order valence-corrected chi connectivity index (χ2v) is 2.17. The quantitative estimate of drug-likeness (QED) is 0.555. The number of nitriles is 1. The zero-order valence-electron chi connectivity index (χ0n) is 5.94. The van der Waals surface area contributed by atoms with Gasteiger partial charge in [-0.2, -0.15) is 10.4 Å². The largest absolute Gasteiger partial charge is 0.383 e. The summed E-state index contributed by atoms with van der Waals surface area (Å²) in [6, 6.07) is 1.89. The van der Waals surface area contributed by atoms with Crippen molar-refractivity contribution in [1.82, 2.24) is 20.2 Å². The number of anilines is 1. The minimum atomic E-state index is 0.225. The lowest BCUT2D eigenvalue weighted by Crippen LogP contribution is -1.92. The highest BCUT2D eigenvalue weighted by Gasteiger charge is 2.08. The Kier molecular flexibility index (Phi) is 1.18. The van der Waals surface area contributed by atoms with Crippen molar-refractivity contribution in [2.45, 2.75) is 0 Å². The Bertz CT molecular complexity index is 464. The van der Waals surface area contributed by atoms with Crippen LogP contribution < -0.4 is 5.73 Å². The standard InChI is InChI=1S/C6H4N6/c7-1-3-4-5(8)9-2-10-6(4)12-11-3/h2H,(H3,8,9,10,11,12). The summed E-state index contributed by atoms with van der Waals surface area (Å²) in [6.45, 7) is 0. The number of aromatic nitrogens is 4. The van der Waals surface area contributed by atoms with Gasteiger partial charge in [-0.05, 0) is 0 Å². The molecule has 2 aromatic rings. The number of nitrogen functional groups attached to an aromatic ring is 1. The van der Waals surface area contributed by atoms with E-state index in [2.05, 4.69) is 20.2 Å². The molecule has 0 aliphatic rings. The molecule has 6 heteroatoms.